The number of esters is 1. The Labute approximate surface area is 319 Å². The monoisotopic (exact) mass is 727 g/mol. The predicted octanol–water partition coefficient (Wildman–Crippen LogP) is 11.0. The summed E-state index contributed by atoms with van der Waals surface area (Å²) in [4.78, 5) is 13.8. The lowest BCUT2D eigenvalue weighted by atomic mass is 10.0. The van der Waals surface area contributed by atoms with Crippen molar-refractivity contribution in [2.45, 2.75) is 32.6 Å². The number of carbonyl (C=O) groups excluding carboxylic acids is 1. The second-order valence-electron chi connectivity index (χ2n) is 12.3. The van der Waals surface area contributed by atoms with Gasteiger partial charge in [0.15, 0.2) is 11.5 Å². The van der Waals surface area contributed by atoms with E-state index in [4.69, 9.17) is 28.4 Å². The van der Waals surface area contributed by atoms with Crippen LogP contribution in [0.1, 0.15) is 54.9 Å². The van der Waals surface area contributed by atoms with Gasteiger partial charge in [0.05, 0.1) is 41.7 Å². The van der Waals surface area contributed by atoms with Gasteiger partial charge in [-0.3, -0.25) is 4.79 Å². The molecule has 0 N–H and O–H groups in total. The van der Waals surface area contributed by atoms with E-state index in [0.717, 1.165) is 58.6 Å². The molecule has 5 aromatic rings. The molecule has 0 aromatic heterocycles. The first-order chi connectivity index (χ1) is 26.5. The van der Waals surface area contributed by atoms with Gasteiger partial charge >= 0.3 is 5.97 Å². The third-order valence-corrected chi connectivity index (χ3v) is 8.73. The number of ether oxygens (including phenoxy) is 6. The average molecular weight is 728 g/mol. The molecule has 0 atom stereocenters. The van der Waals surface area contributed by atoms with Crippen molar-refractivity contribution in [2.24, 2.45) is 0 Å². The van der Waals surface area contributed by atoms with Gasteiger partial charge in [0.1, 0.15) is 11.5 Å². The number of unbranched alkanes of at least 4 members (excludes halogenated alkanes) is 2. The van der Waals surface area contributed by atoms with Gasteiger partial charge in [-0.05, 0) is 98.0 Å². The zero-order valence-electron chi connectivity index (χ0n) is 31.7. The molecule has 8 nitrogen and oxygen atoms in total. The van der Waals surface area contributed by atoms with Crippen LogP contribution in [0.4, 0.5) is 17.1 Å². The second-order valence-corrected chi connectivity index (χ2v) is 12.3. The van der Waals surface area contributed by atoms with Gasteiger partial charge in [0.2, 0.25) is 5.75 Å². The van der Waals surface area contributed by atoms with Crippen molar-refractivity contribution in [3.05, 3.63) is 131 Å². The summed E-state index contributed by atoms with van der Waals surface area (Å²) in [5, 5.41) is 0. The first-order valence-electron chi connectivity index (χ1n) is 18.1. The molecule has 0 aliphatic heterocycles. The maximum Gasteiger partial charge on any atom is 0.305 e. The molecule has 0 amide bonds. The van der Waals surface area contributed by atoms with Crippen LogP contribution < -0.4 is 28.6 Å². The van der Waals surface area contributed by atoms with E-state index < -0.39 is 0 Å². The van der Waals surface area contributed by atoms with E-state index >= 15 is 0 Å². The highest BCUT2D eigenvalue weighted by Gasteiger charge is 2.15. The zero-order chi connectivity index (χ0) is 38.1. The molecule has 0 unspecified atom stereocenters. The standard InChI is InChI=1S/C46H49NO7/c1-6-53-45(48)20-14-9-15-29-54-46-43(51-4)30-35(31-44(46)52-5)22-26-37-33-41(49-2)36(32-42(37)50-3)25-21-34-23-27-40(28-24-34)47(38-16-10-7-11-17-38)39-18-12-8-13-19-39/h7-8,10-13,16-19,21-28,30-33H,6,9,14-15,20,29H2,1-5H3. The molecule has 0 spiro atoms. The summed E-state index contributed by atoms with van der Waals surface area (Å²) in [5.74, 6) is 2.91. The van der Waals surface area contributed by atoms with E-state index in [9.17, 15) is 4.79 Å². The molecule has 0 saturated carbocycles. The third-order valence-electron chi connectivity index (χ3n) is 8.73. The number of hydrogen-bond acceptors (Lipinski definition) is 8. The number of carbonyl (C=O) groups is 1. The molecule has 54 heavy (non-hydrogen) atoms. The van der Waals surface area contributed by atoms with Crippen molar-refractivity contribution >= 4 is 47.3 Å². The van der Waals surface area contributed by atoms with E-state index in [1.54, 1.807) is 28.4 Å². The molecule has 0 bridgehead atoms. The number of methoxy groups -OCH3 is 4. The van der Waals surface area contributed by atoms with Gasteiger partial charge in [-0.15, -0.1) is 0 Å². The van der Waals surface area contributed by atoms with E-state index in [2.05, 4.69) is 83.8 Å². The average Bonchev–Trinajstić information content (AvgIpc) is 3.21. The van der Waals surface area contributed by atoms with Crippen LogP contribution in [-0.2, 0) is 9.53 Å². The first-order valence-corrected chi connectivity index (χ1v) is 18.1. The highest BCUT2D eigenvalue weighted by molar-refractivity contribution is 5.81. The van der Waals surface area contributed by atoms with Crippen LogP contribution in [0, 0.1) is 0 Å². The molecule has 5 rings (SSSR count). The summed E-state index contributed by atoms with van der Waals surface area (Å²) in [6.45, 7) is 2.68. The molecule has 8 heteroatoms. The lowest BCUT2D eigenvalue weighted by Crippen LogP contribution is -2.09. The lowest BCUT2D eigenvalue weighted by Gasteiger charge is -2.25. The fourth-order valence-corrected chi connectivity index (χ4v) is 6.01. The van der Waals surface area contributed by atoms with Gasteiger partial charge < -0.3 is 33.3 Å². The van der Waals surface area contributed by atoms with Gasteiger partial charge in [-0.25, -0.2) is 0 Å². The molecule has 280 valence electrons. The Morgan fingerprint density at radius 1 is 0.556 bits per heavy atom. The Kier molecular flexibility index (Phi) is 14.6. The minimum atomic E-state index is -0.165. The quantitative estimate of drug-likeness (QED) is 0.0473. The number of rotatable bonds is 19. The predicted molar refractivity (Wildman–Crippen MR) is 219 cm³/mol. The van der Waals surface area contributed by atoms with Crippen molar-refractivity contribution in [1.82, 2.24) is 0 Å². The molecule has 0 radical (unpaired) electrons. The van der Waals surface area contributed by atoms with E-state index in [0.29, 0.717) is 48.4 Å². The molecule has 0 saturated heterocycles. The van der Waals surface area contributed by atoms with Crippen LogP contribution in [0.5, 0.6) is 28.7 Å². The summed E-state index contributed by atoms with van der Waals surface area (Å²) in [6, 6.07) is 36.9. The van der Waals surface area contributed by atoms with Crippen molar-refractivity contribution in [1.29, 1.82) is 0 Å². The molecule has 0 aliphatic rings. The van der Waals surface area contributed by atoms with Crippen LogP contribution in [0.25, 0.3) is 24.3 Å². The number of hydrogen-bond donors (Lipinski definition) is 0. The molecule has 0 fully saturated rings. The Morgan fingerprint density at radius 3 is 1.56 bits per heavy atom. The zero-order valence-corrected chi connectivity index (χ0v) is 31.7. The van der Waals surface area contributed by atoms with Crippen molar-refractivity contribution in [3.8, 4) is 28.7 Å². The maximum absolute atomic E-state index is 11.6. The van der Waals surface area contributed by atoms with Gasteiger partial charge in [-0.1, -0.05) is 72.8 Å². The number of nitrogens with zero attached hydrogens (tertiary/aromatic N) is 1. The Balaban J connectivity index is 1.30. The highest BCUT2D eigenvalue weighted by atomic mass is 16.5. The molecule has 0 heterocycles. The van der Waals surface area contributed by atoms with E-state index in [1.807, 2.05) is 61.5 Å². The summed E-state index contributed by atoms with van der Waals surface area (Å²) in [7, 11) is 6.53. The van der Waals surface area contributed by atoms with E-state index in [1.165, 1.54) is 0 Å². The largest absolute Gasteiger partial charge is 0.496 e. The number of anilines is 3. The molecule has 0 aliphatic carbocycles. The number of benzene rings is 5. The SMILES string of the molecule is CCOC(=O)CCCCCOc1c(OC)cc(C=Cc2cc(OC)c(C=Cc3ccc(N(c4ccccc4)c4ccccc4)cc3)cc2OC)cc1OC. The summed E-state index contributed by atoms with van der Waals surface area (Å²) < 4.78 is 34.1. The van der Waals surface area contributed by atoms with Crippen LogP contribution in [-0.4, -0.2) is 47.6 Å². The lowest BCUT2D eigenvalue weighted by molar-refractivity contribution is -0.143. The van der Waals surface area contributed by atoms with Crippen LogP contribution in [0.3, 0.4) is 0 Å². The summed E-state index contributed by atoms with van der Waals surface area (Å²) in [5.41, 5.74) is 6.89. The smallest absolute Gasteiger partial charge is 0.305 e. The third kappa shape index (κ3) is 10.5. The van der Waals surface area contributed by atoms with Gasteiger partial charge in [0.25, 0.3) is 0 Å². The minimum Gasteiger partial charge on any atom is -0.496 e. The summed E-state index contributed by atoms with van der Waals surface area (Å²) >= 11 is 0. The molecular formula is C46H49NO7. The van der Waals surface area contributed by atoms with Crippen molar-refractivity contribution in [3.63, 3.8) is 0 Å². The van der Waals surface area contributed by atoms with Crippen LogP contribution in [0.2, 0.25) is 0 Å². The minimum absolute atomic E-state index is 0.165. The summed E-state index contributed by atoms with van der Waals surface area (Å²) in [6.07, 6.45) is 10.8. The first kappa shape index (κ1) is 39.1. The maximum atomic E-state index is 11.6. The normalized spacial score (nSPS) is 11.1. The van der Waals surface area contributed by atoms with Crippen LogP contribution >= 0.6 is 0 Å². The van der Waals surface area contributed by atoms with E-state index in [-0.39, 0.29) is 5.97 Å². The highest BCUT2D eigenvalue weighted by Crippen LogP contribution is 2.40. The van der Waals surface area contributed by atoms with Crippen molar-refractivity contribution in [2.75, 3.05) is 46.6 Å². The van der Waals surface area contributed by atoms with Crippen LogP contribution in [0.15, 0.2) is 109 Å². The van der Waals surface area contributed by atoms with Crippen molar-refractivity contribution < 1.29 is 33.2 Å². The number of para-hydroxylation sites is 2. The van der Waals surface area contributed by atoms with Gasteiger partial charge in [0, 0.05) is 34.6 Å². The molecule has 5 aromatic carbocycles. The Morgan fingerprint density at radius 2 is 1.06 bits per heavy atom. The fraction of sp³-hybridized carbons (Fsp3) is 0.239. The Bertz CT molecular complexity index is 1930. The van der Waals surface area contributed by atoms with Gasteiger partial charge in [-0.2, -0.15) is 0 Å². The molecular weight excluding hydrogens is 679 g/mol. The second kappa shape index (κ2) is 20.2. The Hall–Kier alpha value is -6.15. The topological polar surface area (TPSA) is 75.7 Å². The fourth-order valence-electron chi connectivity index (χ4n) is 6.01.